The van der Waals surface area contributed by atoms with Crippen LogP contribution in [0, 0.1) is 6.92 Å². The maximum atomic E-state index is 12.8. The summed E-state index contributed by atoms with van der Waals surface area (Å²) in [4.78, 5) is 29.7. The van der Waals surface area contributed by atoms with E-state index in [0.29, 0.717) is 16.2 Å². The number of imide groups is 1. The van der Waals surface area contributed by atoms with Crippen molar-refractivity contribution >= 4 is 40.3 Å². The first-order chi connectivity index (χ1) is 11.1. The van der Waals surface area contributed by atoms with Crippen molar-refractivity contribution in [1.82, 2.24) is 0 Å². The lowest BCUT2D eigenvalue weighted by Crippen LogP contribution is -2.47. The van der Waals surface area contributed by atoms with Crippen molar-refractivity contribution in [3.05, 3.63) is 64.9 Å². The van der Waals surface area contributed by atoms with Gasteiger partial charge in [-0.05, 0) is 25.1 Å². The molecule has 2 aromatic carbocycles. The van der Waals surface area contributed by atoms with Crippen LogP contribution in [0.25, 0.3) is 11.0 Å². The summed E-state index contributed by atoms with van der Waals surface area (Å²) < 4.78 is 1.39. The molecule has 0 saturated carbocycles. The van der Waals surface area contributed by atoms with E-state index in [9.17, 15) is 9.59 Å². The molecule has 2 amide bonds. The third-order valence-corrected chi connectivity index (χ3v) is 4.14. The number of amides is 2. The summed E-state index contributed by atoms with van der Waals surface area (Å²) in [5.74, 6) is -0.364. The number of aryl methyl sites for hydroxylation is 1. The fourth-order valence-electron chi connectivity index (χ4n) is 2.74. The number of hydrogen-bond acceptors (Lipinski definition) is 2. The van der Waals surface area contributed by atoms with E-state index in [1.807, 2.05) is 19.1 Å². The summed E-state index contributed by atoms with van der Waals surface area (Å²) >= 11 is 6.04. The van der Waals surface area contributed by atoms with E-state index in [2.05, 4.69) is 4.98 Å². The molecule has 2 heterocycles. The second-order valence-corrected chi connectivity index (χ2v) is 5.87. The van der Waals surface area contributed by atoms with E-state index in [0.717, 1.165) is 11.1 Å². The second kappa shape index (κ2) is 4.86. The Kier molecular flexibility index (Phi) is 2.92. The minimum Gasteiger partial charge on any atom is -0.236 e. The highest BCUT2D eigenvalue weighted by Gasteiger charge is 2.49. The van der Waals surface area contributed by atoms with Crippen LogP contribution in [0.4, 0.5) is 10.5 Å². The van der Waals surface area contributed by atoms with Gasteiger partial charge in [-0.3, -0.25) is 0 Å². The fourth-order valence-corrected chi connectivity index (χ4v) is 2.91. The van der Waals surface area contributed by atoms with E-state index in [1.54, 1.807) is 36.5 Å². The topological polar surface area (TPSA) is 55.4 Å². The minimum absolute atomic E-state index is 0.283. The number of fused-ring (bicyclic) bond motifs is 3. The number of carbonyl (C=O) groups excluding carboxylic acids is 2. The van der Waals surface area contributed by atoms with Gasteiger partial charge in [-0.25, -0.2) is 9.78 Å². The van der Waals surface area contributed by atoms with Crippen LogP contribution in [0.2, 0.25) is 5.02 Å². The lowest BCUT2D eigenvalue weighted by molar-refractivity contribution is -0.551. The van der Waals surface area contributed by atoms with Gasteiger partial charge in [-0.15, -0.1) is 9.47 Å². The highest BCUT2D eigenvalue weighted by atomic mass is 35.5. The molecule has 4 rings (SSSR count). The van der Waals surface area contributed by atoms with E-state index >= 15 is 0 Å². The number of carbonyl (C=O) groups is 2. The smallest absolute Gasteiger partial charge is 0.236 e. The Hall–Kier alpha value is -2.79. The quantitative estimate of drug-likeness (QED) is 0.646. The zero-order valence-electron chi connectivity index (χ0n) is 12.2. The van der Waals surface area contributed by atoms with Crippen molar-refractivity contribution in [1.29, 1.82) is 0 Å². The first kappa shape index (κ1) is 13.8. The van der Waals surface area contributed by atoms with Crippen molar-refractivity contribution in [2.24, 2.45) is 0 Å². The summed E-state index contributed by atoms with van der Waals surface area (Å²) in [6.45, 7) is 1.95. The van der Waals surface area contributed by atoms with Crippen molar-refractivity contribution in [2.75, 3.05) is 4.90 Å². The molecule has 112 valence electrons. The molecule has 6 heteroatoms. The highest BCUT2D eigenvalue weighted by Crippen LogP contribution is 2.22. The van der Waals surface area contributed by atoms with E-state index in [1.165, 1.54) is 9.47 Å². The molecule has 1 aliphatic heterocycles. The molecule has 0 fully saturated rings. The largest absolute Gasteiger partial charge is 0.512 e. The lowest BCUT2D eigenvalue weighted by Gasteiger charge is -2.04. The number of halogens is 1. The van der Waals surface area contributed by atoms with Gasteiger partial charge in [0.05, 0.1) is 0 Å². The molecule has 0 saturated heterocycles. The predicted molar refractivity (Wildman–Crippen MR) is 84.5 cm³/mol. The summed E-state index contributed by atoms with van der Waals surface area (Å²) in [6, 6.07) is 12.0. The molecular formula is C17H12ClN3O2+2. The van der Waals surface area contributed by atoms with Gasteiger partial charge < -0.3 is 0 Å². The maximum absolute atomic E-state index is 12.8. The molecule has 23 heavy (non-hydrogen) atoms. The van der Waals surface area contributed by atoms with Crippen molar-refractivity contribution < 1.29 is 19.1 Å². The van der Waals surface area contributed by atoms with Crippen LogP contribution in [-0.2, 0) is 0 Å². The Balaban J connectivity index is 1.94. The number of H-pyrrole nitrogens is 1. The molecule has 3 aromatic rings. The molecule has 0 aliphatic carbocycles. The van der Waals surface area contributed by atoms with Crippen LogP contribution in [-0.4, -0.2) is 11.9 Å². The highest BCUT2D eigenvalue weighted by molar-refractivity contribution is 6.31. The number of hydrogen-bond donors (Lipinski definition) is 0. The van der Waals surface area contributed by atoms with Crippen LogP contribution in [0.5, 0.6) is 0 Å². The molecule has 0 radical (unpaired) electrons. The molecule has 0 unspecified atom stereocenters. The molecular weight excluding hydrogens is 314 g/mol. The van der Waals surface area contributed by atoms with Gasteiger partial charge in [0.1, 0.15) is 5.69 Å². The molecule has 0 atom stereocenters. The summed E-state index contributed by atoms with van der Waals surface area (Å²) in [7, 11) is 0. The van der Waals surface area contributed by atoms with E-state index < -0.39 is 6.03 Å². The first-order valence-corrected chi connectivity index (χ1v) is 7.45. The van der Waals surface area contributed by atoms with Gasteiger partial charge in [0.25, 0.3) is 11.2 Å². The van der Waals surface area contributed by atoms with Gasteiger partial charge in [-0.1, -0.05) is 29.3 Å². The van der Waals surface area contributed by atoms with Crippen molar-refractivity contribution in [3.63, 3.8) is 0 Å². The van der Waals surface area contributed by atoms with Gasteiger partial charge in [0.15, 0.2) is 0 Å². The first-order valence-electron chi connectivity index (χ1n) is 7.08. The maximum Gasteiger partial charge on any atom is 0.512 e. The Labute approximate surface area is 136 Å². The van der Waals surface area contributed by atoms with Crippen LogP contribution >= 0.6 is 11.6 Å². The Morgan fingerprint density at radius 1 is 1.09 bits per heavy atom. The van der Waals surface area contributed by atoms with Crippen LogP contribution < -0.4 is 14.5 Å². The van der Waals surface area contributed by atoms with Crippen molar-refractivity contribution in [2.45, 2.75) is 6.92 Å². The molecule has 1 aliphatic rings. The summed E-state index contributed by atoms with van der Waals surface area (Å²) in [5.41, 5.74) is 3.19. The normalized spacial score (nSPS) is 13.7. The van der Waals surface area contributed by atoms with E-state index in [4.69, 9.17) is 11.6 Å². The average Bonchev–Trinajstić information content (AvgIpc) is 2.80. The number of nitrogens with zero attached hydrogens (tertiary/aromatic N) is 2. The van der Waals surface area contributed by atoms with E-state index in [-0.39, 0.29) is 11.6 Å². The van der Waals surface area contributed by atoms with Gasteiger partial charge in [0.2, 0.25) is 11.7 Å². The Morgan fingerprint density at radius 3 is 2.57 bits per heavy atom. The molecule has 1 N–H and O–H groups in total. The zero-order chi connectivity index (χ0) is 16.1. The minimum atomic E-state index is -0.407. The fraction of sp³-hybridized carbons (Fsp3) is 0.0588. The summed E-state index contributed by atoms with van der Waals surface area (Å²) in [5, 5.41) is 0.501. The monoisotopic (exact) mass is 325 g/mol. The number of nitrogens with one attached hydrogen (secondary N) is 1. The SMILES string of the molecule is Cc1ccc(N2C(=O)c3c[nH+]c4ccc(Cl)cc4[n+]3C2=O)cc1. The van der Waals surface area contributed by atoms with Crippen LogP contribution in [0.15, 0.2) is 48.7 Å². The number of benzene rings is 2. The molecule has 0 spiro atoms. The lowest BCUT2D eigenvalue weighted by atomic mass is 10.2. The third kappa shape index (κ3) is 2.01. The number of aromatic nitrogens is 2. The van der Waals surface area contributed by atoms with Crippen LogP contribution in [0.3, 0.4) is 0 Å². The van der Waals surface area contributed by atoms with Gasteiger partial charge >= 0.3 is 11.9 Å². The predicted octanol–water partition coefficient (Wildman–Crippen LogP) is 2.53. The van der Waals surface area contributed by atoms with Crippen LogP contribution in [0.1, 0.15) is 16.1 Å². The zero-order valence-corrected chi connectivity index (χ0v) is 13.0. The molecule has 5 nitrogen and oxygen atoms in total. The standard InChI is InChI=1S/C17H11ClN3O2/c1-10-2-5-12(6-3-10)20-16(22)15-9-19-13-7-4-11(18)8-14(13)21(15)17(20)23/h2-9H,1H3/q+1/p+1. The summed E-state index contributed by atoms with van der Waals surface area (Å²) in [6.07, 6.45) is 1.55. The molecule has 1 aromatic heterocycles. The van der Waals surface area contributed by atoms with Crippen molar-refractivity contribution in [3.8, 4) is 0 Å². The van der Waals surface area contributed by atoms with Gasteiger partial charge in [-0.2, -0.15) is 4.79 Å². The Morgan fingerprint density at radius 2 is 1.83 bits per heavy atom. The second-order valence-electron chi connectivity index (χ2n) is 5.43. The average molecular weight is 326 g/mol. The number of aromatic amines is 1. The molecule has 0 bridgehead atoms. The number of rotatable bonds is 1. The van der Waals surface area contributed by atoms with Gasteiger partial charge in [0, 0.05) is 17.2 Å². The third-order valence-electron chi connectivity index (χ3n) is 3.90. The number of anilines is 1. The Bertz CT molecular complexity index is 983.